The third kappa shape index (κ3) is 2.42. The average Bonchev–Trinajstić information content (AvgIpc) is 3.07. The van der Waals surface area contributed by atoms with Gasteiger partial charge in [-0.25, -0.2) is 0 Å². The van der Waals surface area contributed by atoms with E-state index in [-0.39, 0.29) is 6.79 Å². The number of methoxy groups -OCH3 is 3. The second kappa shape index (κ2) is 6.08. The molecule has 1 aliphatic rings. The van der Waals surface area contributed by atoms with E-state index in [4.69, 9.17) is 23.7 Å². The smallest absolute Gasteiger partial charge is 0.231 e. The van der Waals surface area contributed by atoms with Gasteiger partial charge < -0.3 is 23.7 Å². The zero-order valence-corrected chi connectivity index (χ0v) is 13.0. The van der Waals surface area contributed by atoms with Gasteiger partial charge in [-0.1, -0.05) is 6.07 Å². The number of hydrogen-bond donors (Lipinski definition) is 0. The van der Waals surface area contributed by atoms with Gasteiger partial charge in [0.2, 0.25) is 12.5 Å². The predicted octanol–water partition coefficient (Wildman–Crippen LogP) is 2.92. The van der Waals surface area contributed by atoms with E-state index in [0.29, 0.717) is 39.9 Å². The Morgan fingerprint density at radius 1 is 0.957 bits per heavy atom. The van der Waals surface area contributed by atoms with Crippen molar-refractivity contribution in [2.75, 3.05) is 28.1 Å². The maximum atomic E-state index is 11.6. The number of aldehydes is 1. The van der Waals surface area contributed by atoms with Crippen molar-refractivity contribution >= 4 is 6.29 Å². The summed E-state index contributed by atoms with van der Waals surface area (Å²) in [5.41, 5.74) is 1.83. The summed E-state index contributed by atoms with van der Waals surface area (Å²) in [6.45, 7) is 0.189. The lowest BCUT2D eigenvalue weighted by atomic mass is 9.98. The minimum absolute atomic E-state index is 0.189. The van der Waals surface area contributed by atoms with Crippen molar-refractivity contribution in [1.82, 2.24) is 0 Å². The van der Waals surface area contributed by atoms with Crippen molar-refractivity contribution in [2.45, 2.75) is 0 Å². The first-order chi connectivity index (χ1) is 11.2. The van der Waals surface area contributed by atoms with Crippen molar-refractivity contribution in [2.24, 2.45) is 0 Å². The molecule has 6 nitrogen and oxygen atoms in total. The van der Waals surface area contributed by atoms with Crippen molar-refractivity contribution < 1.29 is 28.5 Å². The molecule has 0 N–H and O–H groups in total. The molecule has 0 amide bonds. The number of hydrogen-bond acceptors (Lipinski definition) is 6. The zero-order chi connectivity index (χ0) is 16.4. The second-order valence-electron chi connectivity index (χ2n) is 4.79. The van der Waals surface area contributed by atoms with Crippen LogP contribution in [0.1, 0.15) is 10.4 Å². The Bertz CT molecular complexity index is 753. The molecule has 0 unspecified atom stereocenters. The highest BCUT2D eigenvalue weighted by Crippen LogP contribution is 2.46. The Balaban J connectivity index is 2.24. The van der Waals surface area contributed by atoms with Crippen LogP contribution in [0.15, 0.2) is 24.3 Å². The average molecular weight is 316 g/mol. The molecule has 1 heterocycles. The van der Waals surface area contributed by atoms with Crippen LogP contribution in [0.5, 0.6) is 28.7 Å². The predicted molar refractivity (Wildman–Crippen MR) is 83.0 cm³/mol. The Hall–Kier alpha value is -2.89. The number of benzene rings is 2. The van der Waals surface area contributed by atoms with Crippen LogP contribution in [-0.2, 0) is 0 Å². The fraction of sp³-hybridized carbons (Fsp3) is 0.235. The van der Waals surface area contributed by atoms with Gasteiger partial charge in [0.15, 0.2) is 29.3 Å². The van der Waals surface area contributed by atoms with Gasteiger partial charge >= 0.3 is 0 Å². The summed E-state index contributed by atoms with van der Waals surface area (Å²) >= 11 is 0. The molecule has 0 atom stereocenters. The van der Waals surface area contributed by atoms with Crippen molar-refractivity contribution in [3.8, 4) is 39.9 Å². The Morgan fingerprint density at radius 3 is 2.35 bits per heavy atom. The van der Waals surface area contributed by atoms with Gasteiger partial charge in [-0.05, 0) is 23.8 Å². The van der Waals surface area contributed by atoms with Crippen LogP contribution in [0.25, 0.3) is 11.1 Å². The molecule has 0 bridgehead atoms. The molecule has 0 aromatic heterocycles. The molecule has 2 aromatic rings. The summed E-state index contributed by atoms with van der Waals surface area (Å²) in [5.74, 6) is 2.49. The molecule has 0 radical (unpaired) electrons. The first kappa shape index (κ1) is 15.0. The number of fused-ring (bicyclic) bond motifs is 1. The van der Waals surface area contributed by atoms with E-state index in [1.807, 2.05) is 12.1 Å². The fourth-order valence-corrected chi connectivity index (χ4v) is 2.60. The van der Waals surface area contributed by atoms with Gasteiger partial charge in [0, 0.05) is 5.56 Å². The van der Waals surface area contributed by atoms with E-state index in [1.54, 1.807) is 12.1 Å². The first-order valence-electron chi connectivity index (χ1n) is 6.91. The number of ether oxygens (including phenoxy) is 5. The van der Waals surface area contributed by atoms with Crippen LogP contribution in [0.4, 0.5) is 0 Å². The van der Waals surface area contributed by atoms with E-state index in [9.17, 15) is 4.79 Å². The molecular formula is C17H16O6. The van der Waals surface area contributed by atoms with E-state index < -0.39 is 0 Å². The van der Waals surface area contributed by atoms with Crippen LogP contribution in [0.2, 0.25) is 0 Å². The van der Waals surface area contributed by atoms with Crippen LogP contribution in [-0.4, -0.2) is 34.4 Å². The van der Waals surface area contributed by atoms with Crippen LogP contribution in [0, 0.1) is 0 Å². The first-order valence-corrected chi connectivity index (χ1v) is 6.91. The maximum absolute atomic E-state index is 11.6. The lowest BCUT2D eigenvalue weighted by molar-refractivity contribution is 0.112. The van der Waals surface area contributed by atoms with Crippen LogP contribution < -0.4 is 23.7 Å². The third-order valence-corrected chi connectivity index (χ3v) is 3.67. The quantitative estimate of drug-likeness (QED) is 0.790. The Labute approximate surface area is 133 Å². The SMILES string of the molecule is COc1cc(-c2ccc3c(c2)OCO3)c(C=O)c(OC)c1OC. The molecule has 0 aliphatic carbocycles. The van der Waals surface area contributed by atoms with Crippen LogP contribution in [0.3, 0.4) is 0 Å². The molecular weight excluding hydrogens is 300 g/mol. The summed E-state index contributed by atoms with van der Waals surface area (Å²) < 4.78 is 26.7. The summed E-state index contributed by atoms with van der Waals surface area (Å²) in [4.78, 5) is 11.6. The molecule has 0 saturated carbocycles. The number of carbonyl (C=O) groups is 1. The minimum Gasteiger partial charge on any atom is -0.493 e. The summed E-state index contributed by atoms with van der Waals surface area (Å²) in [6, 6.07) is 7.20. The molecule has 1 aliphatic heterocycles. The molecule has 6 heteroatoms. The lowest BCUT2D eigenvalue weighted by Gasteiger charge is -2.17. The number of carbonyl (C=O) groups excluding carboxylic acids is 1. The standard InChI is InChI=1S/C17H16O6/c1-19-15-7-11(12(8-18)16(20-2)17(15)21-3)10-4-5-13-14(6-10)23-9-22-13/h4-8H,9H2,1-3H3. The maximum Gasteiger partial charge on any atom is 0.231 e. The Morgan fingerprint density at radius 2 is 1.70 bits per heavy atom. The lowest BCUT2D eigenvalue weighted by Crippen LogP contribution is -2.01. The van der Waals surface area contributed by atoms with Gasteiger partial charge in [0.05, 0.1) is 26.9 Å². The summed E-state index contributed by atoms with van der Waals surface area (Å²) in [6.07, 6.45) is 0.737. The molecule has 0 fully saturated rings. The summed E-state index contributed by atoms with van der Waals surface area (Å²) in [5, 5.41) is 0. The topological polar surface area (TPSA) is 63.2 Å². The number of rotatable bonds is 5. The molecule has 0 spiro atoms. The second-order valence-corrected chi connectivity index (χ2v) is 4.79. The van der Waals surface area contributed by atoms with Gasteiger partial charge in [0.25, 0.3) is 0 Å². The normalized spacial score (nSPS) is 12.0. The highest BCUT2D eigenvalue weighted by atomic mass is 16.7. The van der Waals surface area contributed by atoms with E-state index in [2.05, 4.69) is 0 Å². The van der Waals surface area contributed by atoms with Gasteiger partial charge in [-0.3, -0.25) is 4.79 Å². The van der Waals surface area contributed by atoms with E-state index in [0.717, 1.165) is 11.8 Å². The fourth-order valence-electron chi connectivity index (χ4n) is 2.60. The highest BCUT2D eigenvalue weighted by molar-refractivity contribution is 5.94. The molecule has 2 aromatic carbocycles. The van der Waals surface area contributed by atoms with E-state index >= 15 is 0 Å². The van der Waals surface area contributed by atoms with Crippen LogP contribution >= 0.6 is 0 Å². The Kier molecular flexibility index (Phi) is 3.97. The van der Waals surface area contributed by atoms with Crippen molar-refractivity contribution in [3.05, 3.63) is 29.8 Å². The monoisotopic (exact) mass is 316 g/mol. The minimum atomic E-state index is 0.189. The zero-order valence-electron chi connectivity index (χ0n) is 13.0. The van der Waals surface area contributed by atoms with Gasteiger partial charge in [0.1, 0.15) is 0 Å². The summed E-state index contributed by atoms with van der Waals surface area (Å²) in [7, 11) is 4.50. The largest absolute Gasteiger partial charge is 0.493 e. The van der Waals surface area contributed by atoms with Crippen molar-refractivity contribution in [1.29, 1.82) is 0 Å². The molecule has 23 heavy (non-hydrogen) atoms. The third-order valence-electron chi connectivity index (χ3n) is 3.67. The molecule has 0 saturated heterocycles. The van der Waals surface area contributed by atoms with Crippen molar-refractivity contribution in [3.63, 3.8) is 0 Å². The molecule has 120 valence electrons. The highest BCUT2D eigenvalue weighted by Gasteiger charge is 2.22. The molecule has 3 rings (SSSR count). The van der Waals surface area contributed by atoms with E-state index in [1.165, 1.54) is 21.3 Å². The van der Waals surface area contributed by atoms with Gasteiger partial charge in [-0.2, -0.15) is 0 Å². The van der Waals surface area contributed by atoms with Gasteiger partial charge in [-0.15, -0.1) is 0 Å².